The van der Waals surface area contributed by atoms with Gasteiger partial charge in [-0.15, -0.1) is 0 Å². The maximum Gasteiger partial charge on any atom is 0.433 e. The molecule has 0 aliphatic heterocycles. The van der Waals surface area contributed by atoms with Crippen molar-refractivity contribution in [1.82, 2.24) is 14.9 Å². The lowest BCUT2D eigenvalue weighted by Gasteiger charge is -2.15. The number of anilines is 3. The average Bonchev–Trinajstić information content (AvgIpc) is 2.54. The number of methoxy groups -OCH3 is 1. The lowest BCUT2D eigenvalue weighted by Crippen LogP contribution is -2.22. The molecule has 2 aromatic rings. The second-order valence-electron chi connectivity index (χ2n) is 5.52. The van der Waals surface area contributed by atoms with Crippen molar-refractivity contribution in [3.05, 3.63) is 36.0 Å². The summed E-state index contributed by atoms with van der Waals surface area (Å²) in [6.07, 6.45) is -4.57. The van der Waals surface area contributed by atoms with Crippen LogP contribution in [0.1, 0.15) is 5.69 Å². The Hall–Kier alpha value is -2.55. The highest BCUT2D eigenvalue weighted by Crippen LogP contribution is 2.32. The number of aromatic nitrogens is 2. The molecular formula is C16H20F3N5O. The standard InChI is InChI=1S/C16H20F3N5O/c1-24(2)9-8-20-15-22-13(16(17,18)19)10-14(23-15)21-11-6-4-5-7-12(11)25-3/h4-7,10H,8-9H2,1-3H3,(H2,20,21,22,23). The van der Waals surface area contributed by atoms with Gasteiger partial charge < -0.3 is 20.3 Å². The summed E-state index contributed by atoms with van der Waals surface area (Å²) in [6, 6.07) is 7.76. The first-order valence-corrected chi connectivity index (χ1v) is 7.54. The van der Waals surface area contributed by atoms with E-state index >= 15 is 0 Å². The number of likely N-dealkylation sites (N-methyl/N-ethyl adjacent to an activating group) is 1. The van der Waals surface area contributed by atoms with E-state index in [4.69, 9.17) is 4.74 Å². The predicted octanol–water partition coefficient (Wildman–Crippen LogP) is 3.22. The van der Waals surface area contributed by atoms with Crippen molar-refractivity contribution >= 4 is 17.5 Å². The molecule has 9 heteroatoms. The van der Waals surface area contributed by atoms with Gasteiger partial charge in [-0.25, -0.2) is 4.98 Å². The van der Waals surface area contributed by atoms with E-state index in [1.807, 2.05) is 19.0 Å². The first-order valence-electron chi connectivity index (χ1n) is 7.54. The first kappa shape index (κ1) is 18.8. The Morgan fingerprint density at radius 3 is 2.52 bits per heavy atom. The summed E-state index contributed by atoms with van der Waals surface area (Å²) >= 11 is 0. The molecule has 0 aliphatic rings. The van der Waals surface area contributed by atoms with E-state index in [1.54, 1.807) is 24.3 Å². The lowest BCUT2D eigenvalue weighted by atomic mass is 10.3. The van der Waals surface area contributed by atoms with Crippen LogP contribution < -0.4 is 15.4 Å². The molecule has 1 heterocycles. The molecule has 0 aliphatic carbocycles. The van der Waals surface area contributed by atoms with Crippen LogP contribution in [0.3, 0.4) is 0 Å². The number of para-hydroxylation sites is 2. The van der Waals surface area contributed by atoms with Crippen LogP contribution in [-0.4, -0.2) is 49.2 Å². The molecule has 0 saturated heterocycles. The molecule has 0 fully saturated rings. The first-order chi connectivity index (χ1) is 11.8. The number of hydrogen-bond donors (Lipinski definition) is 2. The zero-order chi connectivity index (χ0) is 18.4. The zero-order valence-corrected chi connectivity index (χ0v) is 14.2. The fourth-order valence-corrected chi connectivity index (χ4v) is 2.01. The minimum atomic E-state index is -4.57. The summed E-state index contributed by atoms with van der Waals surface area (Å²) in [4.78, 5) is 9.55. The quantitative estimate of drug-likeness (QED) is 0.795. The van der Waals surface area contributed by atoms with Gasteiger partial charge in [-0.05, 0) is 26.2 Å². The maximum absolute atomic E-state index is 13.1. The number of nitrogens with one attached hydrogen (secondary N) is 2. The second-order valence-corrected chi connectivity index (χ2v) is 5.52. The third-order valence-corrected chi connectivity index (χ3v) is 3.23. The normalized spacial score (nSPS) is 11.5. The highest BCUT2D eigenvalue weighted by molar-refractivity contribution is 5.64. The summed E-state index contributed by atoms with van der Waals surface area (Å²) in [5.74, 6) is 0.435. The minimum absolute atomic E-state index is 0.0270. The highest BCUT2D eigenvalue weighted by Gasteiger charge is 2.33. The molecule has 0 unspecified atom stereocenters. The number of halogens is 3. The fourth-order valence-electron chi connectivity index (χ4n) is 2.01. The van der Waals surface area contributed by atoms with E-state index in [1.165, 1.54) is 7.11 Å². The van der Waals surface area contributed by atoms with Crippen molar-refractivity contribution in [2.75, 3.05) is 44.9 Å². The van der Waals surface area contributed by atoms with E-state index in [9.17, 15) is 13.2 Å². The summed E-state index contributed by atoms with van der Waals surface area (Å²) in [6.45, 7) is 1.05. The lowest BCUT2D eigenvalue weighted by molar-refractivity contribution is -0.141. The average molecular weight is 355 g/mol. The van der Waals surface area contributed by atoms with Crippen molar-refractivity contribution in [3.8, 4) is 5.75 Å². The van der Waals surface area contributed by atoms with Crippen LogP contribution in [0.4, 0.5) is 30.6 Å². The molecule has 0 saturated carbocycles. The zero-order valence-electron chi connectivity index (χ0n) is 14.2. The van der Waals surface area contributed by atoms with Gasteiger partial charge in [0.15, 0.2) is 5.69 Å². The van der Waals surface area contributed by atoms with Crippen LogP contribution in [0, 0.1) is 0 Å². The van der Waals surface area contributed by atoms with E-state index in [-0.39, 0.29) is 11.8 Å². The number of alkyl halides is 3. The molecule has 0 spiro atoms. The molecular weight excluding hydrogens is 335 g/mol. The largest absolute Gasteiger partial charge is 0.495 e. The molecule has 0 radical (unpaired) electrons. The van der Waals surface area contributed by atoms with Crippen LogP contribution in [-0.2, 0) is 6.18 Å². The van der Waals surface area contributed by atoms with Crippen LogP contribution >= 0.6 is 0 Å². The Morgan fingerprint density at radius 1 is 1.16 bits per heavy atom. The smallest absolute Gasteiger partial charge is 0.433 e. The van der Waals surface area contributed by atoms with Gasteiger partial charge >= 0.3 is 6.18 Å². The van der Waals surface area contributed by atoms with Gasteiger partial charge in [0.25, 0.3) is 0 Å². The number of ether oxygens (including phenoxy) is 1. The SMILES string of the molecule is COc1ccccc1Nc1cc(C(F)(F)F)nc(NCCN(C)C)n1. The molecule has 1 aromatic heterocycles. The number of benzene rings is 1. The summed E-state index contributed by atoms with van der Waals surface area (Å²) in [5.41, 5.74) is -0.511. The van der Waals surface area contributed by atoms with Crippen LogP contribution in [0.2, 0.25) is 0 Å². The number of rotatable bonds is 7. The second kappa shape index (κ2) is 8.02. The van der Waals surface area contributed by atoms with Crippen LogP contribution in [0.25, 0.3) is 0 Å². The van der Waals surface area contributed by atoms with Crippen LogP contribution in [0.5, 0.6) is 5.75 Å². The number of nitrogens with zero attached hydrogens (tertiary/aromatic N) is 3. The van der Waals surface area contributed by atoms with E-state index < -0.39 is 11.9 Å². The molecule has 2 N–H and O–H groups in total. The molecule has 0 bridgehead atoms. The van der Waals surface area contributed by atoms with Crippen molar-refractivity contribution in [2.45, 2.75) is 6.18 Å². The van der Waals surface area contributed by atoms with Gasteiger partial charge in [-0.3, -0.25) is 0 Å². The number of hydrogen-bond acceptors (Lipinski definition) is 6. The van der Waals surface area contributed by atoms with Gasteiger partial charge in [0.1, 0.15) is 11.6 Å². The molecule has 136 valence electrons. The topological polar surface area (TPSA) is 62.3 Å². The maximum atomic E-state index is 13.1. The van der Waals surface area contributed by atoms with Crippen LogP contribution in [0.15, 0.2) is 30.3 Å². The van der Waals surface area contributed by atoms with Crippen molar-refractivity contribution in [2.24, 2.45) is 0 Å². The summed E-state index contributed by atoms with van der Waals surface area (Å²) in [7, 11) is 5.21. The Balaban J connectivity index is 2.29. The van der Waals surface area contributed by atoms with Crippen molar-refractivity contribution < 1.29 is 17.9 Å². The minimum Gasteiger partial charge on any atom is -0.495 e. The van der Waals surface area contributed by atoms with E-state index in [0.717, 1.165) is 6.07 Å². The van der Waals surface area contributed by atoms with Crippen molar-refractivity contribution in [3.63, 3.8) is 0 Å². The van der Waals surface area contributed by atoms with Gasteiger partial charge in [-0.1, -0.05) is 12.1 Å². The third kappa shape index (κ3) is 5.49. The highest BCUT2D eigenvalue weighted by atomic mass is 19.4. The Labute approximate surface area is 144 Å². The van der Waals surface area contributed by atoms with Gasteiger partial charge in [0.2, 0.25) is 5.95 Å². The Kier molecular flexibility index (Phi) is 6.02. The molecule has 25 heavy (non-hydrogen) atoms. The summed E-state index contributed by atoms with van der Waals surface area (Å²) < 4.78 is 44.5. The monoisotopic (exact) mass is 355 g/mol. The van der Waals surface area contributed by atoms with Gasteiger partial charge in [0, 0.05) is 19.2 Å². The molecule has 6 nitrogen and oxygen atoms in total. The molecule has 1 aromatic carbocycles. The summed E-state index contributed by atoms with van der Waals surface area (Å²) in [5, 5.41) is 5.66. The van der Waals surface area contributed by atoms with Gasteiger partial charge in [-0.2, -0.15) is 18.2 Å². The third-order valence-electron chi connectivity index (χ3n) is 3.23. The van der Waals surface area contributed by atoms with Gasteiger partial charge in [0.05, 0.1) is 12.8 Å². The molecule has 2 rings (SSSR count). The predicted molar refractivity (Wildman–Crippen MR) is 90.4 cm³/mol. The van der Waals surface area contributed by atoms with Crippen molar-refractivity contribution in [1.29, 1.82) is 0 Å². The Bertz CT molecular complexity index is 706. The Morgan fingerprint density at radius 2 is 1.88 bits per heavy atom. The van der Waals surface area contributed by atoms with E-state index in [0.29, 0.717) is 24.5 Å². The fraction of sp³-hybridized carbons (Fsp3) is 0.375. The molecule has 0 atom stereocenters. The molecule has 0 amide bonds. The van der Waals surface area contributed by atoms with E-state index in [2.05, 4.69) is 20.6 Å².